The van der Waals surface area contributed by atoms with E-state index in [1.54, 1.807) is 29.9 Å². The lowest BCUT2D eigenvalue weighted by molar-refractivity contribution is -0.129. The number of carbonyl (C=O) groups excluding carboxylic acids is 1. The molecule has 0 saturated heterocycles. The molecular weight excluding hydrogens is 192 g/mol. The summed E-state index contributed by atoms with van der Waals surface area (Å²) in [6.07, 6.45) is 5.57. The maximum Gasteiger partial charge on any atom is 0.243 e. The maximum atomic E-state index is 11.4. The molecule has 0 aliphatic heterocycles. The van der Waals surface area contributed by atoms with E-state index in [0.717, 1.165) is 18.4 Å². The molecule has 5 heteroatoms. The fourth-order valence-electron chi connectivity index (χ4n) is 1.21. The minimum absolute atomic E-state index is 0.0449. The first kappa shape index (κ1) is 11.7. The lowest BCUT2D eigenvalue weighted by Gasteiger charge is -2.09. The van der Waals surface area contributed by atoms with Crippen LogP contribution in [0.4, 0.5) is 0 Å². The predicted molar refractivity (Wildman–Crippen MR) is 58.3 cm³/mol. The van der Waals surface area contributed by atoms with E-state index >= 15 is 0 Å². The summed E-state index contributed by atoms with van der Waals surface area (Å²) in [6, 6.07) is 0. The van der Waals surface area contributed by atoms with Gasteiger partial charge in [-0.1, -0.05) is 0 Å². The highest BCUT2D eigenvalue weighted by molar-refractivity contribution is 5.75. The highest BCUT2D eigenvalue weighted by Crippen LogP contribution is 2.01. The number of aromatic nitrogens is 2. The summed E-state index contributed by atoms with van der Waals surface area (Å²) in [7, 11) is 3.47. The van der Waals surface area contributed by atoms with Gasteiger partial charge in [0, 0.05) is 20.3 Å². The molecule has 0 aliphatic carbocycles. The maximum absolute atomic E-state index is 11.4. The van der Waals surface area contributed by atoms with Crippen LogP contribution in [0.2, 0.25) is 0 Å². The molecule has 1 rings (SSSR count). The van der Waals surface area contributed by atoms with Crippen LogP contribution >= 0.6 is 0 Å². The van der Waals surface area contributed by atoms with Crippen LogP contribution in [0, 0.1) is 0 Å². The fourth-order valence-corrected chi connectivity index (χ4v) is 1.21. The van der Waals surface area contributed by atoms with Gasteiger partial charge in [-0.15, -0.1) is 0 Å². The molecule has 1 heterocycles. The Morgan fingerprint density at radius 2 is 2.33 bits per heavy atom. The van der Waals surface area contributed by atoms with E-state index in [1.165, 1.54) is 0 Å². The number of likely N-dealkylation sites (N-methyl/N-ethyl adjacent to an activating group) is 1. The molecule has 0 unspecified atom stereocenters. The molecule has 0 spiro atoms. The zero-order valence-corrected chi connectivity index (χ0v) is 9.31. The third kappa shape index (κ3) is 3.71. The van der Waals surface area contributed by atoms with Gasteiger partial charge in [0.1, 0.15) is 6.54 Å². The molecule has 15 heavy (non-hydrogen) atoms. The van der Waals surface area contributed by atoms with Gasteiger partial charge in [0.15, 0.2) is 0 Å². The fraction of sp³-hybridized carbons (Fsp3) is 0.600. The zero-order chi connectivity index (χ0) is 11.3. The molecule has 0 radical (unpaired) electrons. The van der Waals surface area contributed by atoms with Gasteiger partial charge < -0.3 is 10.6 Å². The first-order valence-corrected chi connectivity index (χ1v) is 5.05. The Balaban J connectivity index is 2.49. The average Bonchev–Trinajstić information content (AvgIpc) is 2.62. The van der Waals surface area contributed by atoms with E-state index in [0.29, 0.717) is 13.1 Å². The van der Waals surface area contributed by atoms with Crippen molar-refractivity contribution in [1.82, 2.24) is 14.7 Å². The smallest absolute Gasteiger partial charge is 0.243 e. The third-order valence-electron chi connectivity index (χ3n) is 2.15. The molecule has 0 fully saturated rings. The Morgan fingerprint density at radius 1 is 1.60 bits per heavy atom. The second-order valence-electron chi connectivity index (χ2n) is 3.73. The van der Waals surface area contributed by atoms with Gasteiger partial charge in [0.2, 0.25) is 5.91 Å². The van der Waals surface area contributed by atoms with Crippen LogP contribution in [0.1, 0.15) is 12.0 Å². The molecule has 2 N–H and O–H groups in total. The molecule has 0 aliphatic rings. The Kier molecular flexibility index (Phi) is 4.30. The number of aryl methyl sites for hydroxylation is 1. The van der Waals surface area contributed by atoms with Crippen molar-refractivity contribution in [1.29, 1.82) is 0 Å². The van der Waals surface area contributed by atoms with E-state index in [9.17, 15) is 4.79 Å². The van der Waals surface area contributed by atoms with E-state index in [2.05, 4.69) is 5.10 Å². The van der Waals surface area contributed by atoms with Crippen LogP contribution in [0.5, 0.6) is 0 Å². The summed E-state index contributed by atoms with van der Waals surface area (Å²) in [6.45, 7) is 0.984. The summed E-state index contributed by atoms with van der Waals surface area (Å²) >= 11 is 0. The number of carbonyl (C=O) groups is 1. The van der Waals surface area contributed by atoms with Crippen molar-refractivity contribution in [2.75, 3.05) is 20.6 Å². The highest BCUT2D eigenvalue weighted by atomic mass is 16.2. The van der Waals surface area contributed by atoms with E-state index in [1.807, 2.05) is 6.20 Å². The summed E-state index contributed by atoms with van der Waals surface area (Å²) in [5, 5.41) is 4.12. The second-order valence-corrected chi connectivity index (χ2v) is 3.73. The summed E-state index contributed by atoms with van der Waals surface area (Å²) in [5.74, 6) is 0.0449. The molecule has 1 aromatic heterocycles. The van der Waals surface area contributed by atoms with Gasteiger partial charge >= 0.3 is 0 Å². The van der Waals surface area contributed by atoms with Crippen molar-refractivity contribution in [3.8, 4) is 0 Å². The topological polar surface area (TPSA) is 64.2 Å². The SMILES string of the molecule is CN(C)C(=O)Cn1cc(CCCN)cn1. The van der Waals surface area contributed by atoms with Crippen molar-refractivity contribution in [2.45, 2.75) is 19.4 Å². The summed E-state index contributed by atoms with van der Waals surface area (Å²) in [5.41, 5.74) is 6.55. The van der Waals surface area contributed by atoms with Gasteiger partial charge in [-0.25, -0.2) is 0 Å². The van der Waals surface area contributed by atoms with E-state index in [4.69, 9.17) is 5.73 Å². The zero-order valence-electron chi connectivity index (χ0n) is 9.31. The first-order chi connectivity index (χ1) is 7.13. The normalized spacial score (nSPS) is 10.3. The average molecular weight is 210 g/mol. The van der Waals surface area contributed by atoms with Crippen molar-refractivity contribution in [2.24, 2.45) is 5.73 Å². The van der Waals surface area contributed by atoms with Crippen LogP contribution in [0.15, 0.2) is 12.4 Å². The largest absolute Gasteiger partial charge is 0.347 e. The Hall–Kier alpha value is -1.36. The molecule has 5 nitrogen and oxygen atoms in total. The van der Waals surface area contributed by atoms with Gasteiger partial charge in [-0.2, -0.15) is 5.10 Å². The van der Waals surface area contributed by atoms with Gasteiger partial charge in [-0.3, -0.25) is 9.48 Å². The molecule has 84 valence electrons. The number of nitrogens with zero attached hydrogens (tertiary/aromatic N) is 3. The minimum Gasteiger partial charge on any atom is -0.347 e. The standard InChI is InChI=1S/C10H18N4O/c1-13(2)10(15)8-14-7-9(6-12-14)4-3-5-11/h6-7H,3-5,8,11H2,1-2H3. The number of hydrogen-bond donors (Lipinski definition) is 1. The summed E-state index contributed by atoms with van der Waals surface area (Å²) in [4.78, 5) is 12.9. The van der Waals surface area contributed by atoms with Crippen LogP contribution < -0.4 is 5.73 Å². The Bertz CT molecular complexity index is 319. The lowest BCUT2D eigenvalue weighted by Crippen LogP contribution is -2.26. The molecule has 0 atom stereocenters. The van der Waals surface area contributed by atoms with Crippen molar-refractivity contribution < 1.29 is 4.79 Å². The van der Waals surface area contributed by atoms with Gasteiger partial charge in [-0.05, 0) is 24.9 Å². The first-order valence-electron chi connectivity index (χ1n) is 5.05. The van der Waals surface area contributed by atoms with Crippen LogP contribution in [-0.4, -0.2) is 41.2 Å². The Morgan fingerprint density at radius 3 is 2.93 bits per heavy atom. The second kappa shape index (κ2) is 5.50. The van der Waals surface area contributed by atoms with E-state index < -0.39 is 0 Å². The lowest BCUT2D eigenvalue weighted by atomic mass is 10.2. The highest BCUT2D eigenvalue weighted by Gasteiger charge is 2.06. The van der Waals surface area contributed by atoms with E-state index in [-0.39, 0.29) is 5.91 Å². The predicted octanol–water partition coefficient (Wildman–Crippen LogP) is -0.137. The third-order valence-corrected chi connectivity index (χ3v) is 2.15. The number of nitrogens with two attached hydrogens (primary N) is 1. The Labute approximate surface area is 89.9 Å². The molecule has 0 aromatic carbocycles. The van der Waals surface area contributed by atoms with Gasteiger partial charge in [0.25, 0.3) is 0 Å². The molecular formula is C10H18N4O. The van der Waals surface area contributed by atoms with Crippen molar-refractivity contribution in [3.05, 3.63) is 18.0 Å². The quantitative estimate of drug-likeness (QED) is 0.736. The van der Waals surface area contributed by atoms with Crippen molar-refractivity contribution in [3.63, 3.8) is 0 Å². The minimum atomic E-state index is 0.0449. The number of hydrogen-bond acceptors (Lipinski definition) is 3. The molecule has 1 amide bonds. The van der Waals surface area contributed by atoms with Crippen LogP contribution in [0.25, 0.3) is 0 Å². The molecule has 0 saturated carbocycles. The van der Waals surface area contributed by atoms with Crippen LogP contribution in [0.3, 0.4) is 0 Å². The summed E-state index contributed by atoms with van der Waals surface area (Å²) < 4.78 is 1.66. The monoisotopic (exact) mass is 210 g/mol. The van der Waals surface area contributed by atoms with Crippen molar-refractivity contribution >= 4 is 5.91 Å². The molecule has 1 aromatic rings. The number of amides is 1. The van der Waals surface area contributed by atoms with Crippen LogP contribution in [-0.2, 0) is 17.8 Å². The van der Waals surface area contributed by atoms with Gasteiger partial charge in [0.05, 0.1) is 6.20 Å². The molecule has 0 bridgehead atoms. The number of rotatable bonds is 5.